The average molecular weight is 193 g/mol. The molecule has 2 heterocycles. The van der Waals surface area contributed by atoms with Crippen LogP contribution in [-0.2, 0) is 0 Å². The van der Waals surface area contributed by atoms with E-state index < -0.39 is 0 Å². The first kappa shape index (κ1) is 8.24. The van der Waals surface area contributed by atoms with E-state index in [9.17, 15) is 0 Å². The van der Waals surface area contributed by atoms with Crippen molar-refractivity contribution in [3.8, 4) is 0 Å². The zero-order valence-corrected chi connectivity index (χ0v) is 8.12. The standard InChI is InChI=1S/C13H9N2/c1-2-9-7-11-10-5-3-4-6-12(10)15-13(11)8-14-9/h3-8,15H,1H2. The lowest BCUT2D eigenvalue weighted by Gasteiger charge is -1.92. The molecule has 3 aromatic rings. The molecule has 0 saturated heterocycles. The molecule has 0 fully saturated rings. The minimum Gasteiger partial charge on any atom is -0.353 e. The molecule has 2 nitrogen and oxygen atoms in total. The summed E-state index contributed by atoms with van der Waals surface area (Å²) < 4.78 is 0. The van der Waals surface area contributed by atoms with Gasteiger partial charge in [-0.25, -0.2) is 0 Å². The number of nitrogens with zero attached hydrogens (tertiary/aromatic N) is 1. The fraction of sp³-hybridized carbons (Fsp3) is 0. The SMILES string of the molecule is C=[C]c1cc2c(cn1)[nH]c1ccccc12. The van der Waals surface area contributed by atoms with Crippen molar-refractivity contribution in [1.82, 2.24) is 9.97 Å². The van der Waals surface area contributed by atoms with E-state index in [1.54, 1.807) is 0 Å². The summed E-state index contributed by atoms with van der Waals surface area (Å²) in [6.45, 7) is 3.60. The van der Waals surface area contributed by atoms with Crippen LogP contribution in [0.15, 0.2) is 43.1 Å². The fourth-order valence-electron chi connectivity index (χ4n) is 1.85. The lowest BCUT2D eigenvalue weighted by molar-refractivity contribution is 1.27. The van der Waals surface area contributed by atoms with Gasteiger partial charge in [0.05, 0.1) is 17.4 Å². The molecule has 0 spiro atoms. The number of hydrogen-bond donors (Lipinski definition) is 1. The molecular weight excluding hydrogens is 184 g/mol. The molecule has 0 aliphatic heterocycles. The quantitative estimate of drug-likeness (QED) is 0.632. The Labute approximate surface area is 87.3 Å². The number of rotatable bonds is 1. The molecule has 0 unspecified atom stereocenters. The highest BCUT2D eigenvalue weighted by molar-refractivity contribution is 6.06. The van der Waals surface area contributed by atoms with E-state index in [1.807, 2.05) is 24.4 Å². The van der Waals surface area contributed by atoms with E-state index in [1.165, 1.54) is 10.8 Å². The number of fused-ring (bicyclic) bond motifs is 3. The normalized spacial score (nSPS) is 10.9. The second kappa shape index (κ2) is 2.95. The van der Waals surface area contributed by atoms with Gasteiger partial charge >= 0.3 is 0 Å². The lowest BCUT2D eigenvalue weighted by atomic mass is 10.1. The van der Waals surface area contributed by atoms with Crippen LogP contribution < -0.4 is 0 Å². The Kier molecular flexibility index (Phi) is 1.62. The number of benzene rings is 1. The molecule has 0 saturated carbocycles. The van der Waals surface area contributed by atoms with Crippen LogP contribution in [0.4, 0.5) is 0 Å². The van der Waals surface area contributed by atoms with Crippen LogP contribution in [0.5, 0.6) is 0 Å². The van der Waals surface area contributed by atoms with Gasteiger partial charge in [0.25, 0.3) is 0 Å². The Morgan fingerprint density at radius 3 is 2.87 bits per heavy atom. The van der Waals surface area contributed by atoms with Gasteiger partial charge in [-0.05, 0) is 12.1 Å². The molecule has 1 aromatic carbocycles. The summed E-state index contributed by atoms with van der Waals surface area (Å²) in [6.07, 6.45) is 4.62. The maximum absolute atomic E-state index is 4.22. The van der Waals surface area contributed by atoms with Gasteiger partial charge in [0.2, 0.25) is 0 Å². The molecule has 1 radical (unpaired) electrons. The highest BCUT2D eigenvalue weighted by Crippen LogP contribution is 2.24. The second-order valence-electron chi connectivity index (χ2n) is 3.46. The number of nitrogens with one attached hydrogen (secondary N) is 1. The summed E-state index contributed by atoms with van der Waals surface area (Å²) in [5.74, 6) is 0. The number of H-pyrrole nitrogens is 1. The molecule has 1 N–H and O–H groups in total. The highest BCUT2D eigenvalue weighted by atomic mass is 14.8. The molecule has 2 aromatic heterocycles. The van der Waals surface area contributed by atoms with Gasteiger partial charge in [-0.15, -0.1) is 0 Å². The van der Waals surface area contributed by atoms with Crippen LogP contribution in [-0.4, -0.2) is 9.97 Å². The number of aromatic amines is 1. The molecule has 2 heteroatoms. The highest BCUT2D eigenvalue weighted by Gasteiger charge is 2.03. The Morgan fingerprint density at radius 1 is 1.13 bits per heavy atom. The second-order valence-corrected chi connectivity index (χ2v) is 3.46. The van der Waals surface area contributed by atoms with Crippen molar-refractivity contribution in [2.45, 2.75) is 0 Å². The summed E-state index contributed by atoms with van der Waals surface area (Å²) >= 11 is 0. The van der Waals surface area contributed by atoms with E-state index in [0.717, 1.165) is 16.7 Å². The topological polar surface area (TPSA) is 28.7 Å². The van der Waals surface area contributed by atoms with Crippen molar-refractivity contribution in [2.24, 2.45) is 0 Å². The predicted molar refractivity (Wildman–Crippen MR) is 61.6 cm³/mol. The van der Waals surface area contributed by atoms with E-state index in [-0.39, 0.29) is 0 Å². The molecule has 0 amide bonds. The molecule has 3 rings (SSSR count). The Bertz CT molecular complexity index is 650. The smallest absolute Gasteiger partial charge is 0.0710 e. The molecule has 71 valence electrons. The summed E-state index contributed by atoms with van der Waals surface area (Å²) in [5, 5.41) is 2.39. The molecule has 0 aliphatic rings. The van der Waals surface area contributed by atoms with Gasteiger partial charge < -0.3 is 4.98 Å². The third-order valence-corrected chi connectivity index (χ3v) is 2.57. The van der Waals surface area contributed by atoms with Crippen molar-refractivity contribution >= 4 is 21.8 Å². The lowest BCUT2D eigenvalue weighted by Crippen LogP contribution is -1.79. The van der Waals surface area contributed by atoms with E-state index in [4.69, 9.17) is 0 Å². The van der Waals surface area contributed by atoms with Crippen molar-refractivity contribution < 1.29 is 0 Å². The van der Waals surface area contributed by atoms with Crippen molar-refractivity contribution in [2.75, 3.05) is 0 Å². The third kappa shape index (κ3) is 1.15. The van der Waals surface area contributed by atoms with Gasteiger partial charge in [0.1, 0.15) is 0 Å². The Morgan fingerprint density at radius 2 is 2.00 bits per heavy atom. The van der Waals surface area contributed by atoms with E-state index in [0.29, 0.717) is 0 Å². The fourth-order valence-corrected chi connectivity index (χ4v) is 1.85. The molecule has 15 heavy (non-hydrogen) atoms. The van der Waals surface area contributed by atoms with E-state index in [2.05, 4.69) is 34.8 Å². The number of aromatic nitrogens is 2. The maximum Gasteiger partial charge on any atom is 0.0710 e. The van der Waals surface area contributed by atoms with Crippen LogP contribution >= 0.6 is 0 Å². The van der Waals surface area contributed by atoms with E-state index >= 15 is 0 Å². The Balaban J connectivity index is 2.51. The Hall–Kier alpha value is -2.09. The first-order valence-electron chi connectivity index (χ1n) is 4.78. The molecule has 0 aliphatic carbocycles. The summed E-state index contributed by atoms with van der Waals surface area (Å²) in [6, 6.07) is 10.2. The number of para-hydroxylation sites is 1. The molecule has 0 atom stereocenters. The number of hydrogen-bond acceptors (Lipinski definition) is 1. The van der Waals surface area contributed by atoms with Gasteiger partial charge in [-0.1, -0.05) is 24.8 Å². The first-order valence-corrected chi connectivity index (χ1v) is 4.78. The largest absolute Gasteiger partial charge is 0.353 e. The van der Waals surface area contributed by atoms with Crippen LogP contribution in [0, 0.1) is 6.08 Å². The van der Waals surface area contributed by atoms with Crippen molar-refractivity contribution in [1.29, 1.82) is 0 Å². The first-order chi connectivity index (χ1) is 7.38. The summed E-state index contributed by atoms with van der Waals surface area (Å²) in [5.41, 5.74) is 2.97. The maximum atomic E-state index is 4.22. The summed E-state index contributed by atoms with van der Waals surface area (Å²) in [4.78, 5) is 7.53. The number of pyridine rings is 1. The average Bonchev–Trinajstić information content (AvgIpc) is 2.66. The zero-order valence-electron chi connectivity index (χ0n) is 8.12. The van der Waals surface area contributed by atoms with Crippen molar-refractivity contribution in [3.05, 3.63) is 54.9 Å². The van der Waals surface area contributed by atoms with Gasteiger partial charge in [-0.2, -0.15) is 0 Å². The van der Waals surface area contributed by atoms with Gasteiger partial charge in [0, 0.05) is 22.4 Å². The monoisotopic (exact) mass is 193 g/mol. The van der Waals surface area contributed by atoms with Crippen LogP contribution in [0.3, 0.4) is 0 Å². The van der Waals surface area contributed by atoms with Gasteiger partial charge in [0.15, 0.2) is 0 Å². The van der Waals surface area contributed by atoms with Crippen LogP contribution in [0.25, 0.3) is 21.8 Å². The zero-order chi connectivity index (χ0) is 10.3. The van der Waals surface area contributed by atoms with Gasteiger partial charge in [-0.3, -0.25) is 4.98 Å². The predicted octanol–water partition coefficient (Wildman–Crippen LogP) is 3.05. The summed E-state index contributed by atoms with van der Waals surface area (Å²) in [7, 11) is 0. The van der Waals surface area contributed by atoms with Crippen molar-refractivity contribution in [3.63, 3.8) is 0 Å². The van der Waals surface area contributed by atoms with Crippen LogP contribution in [0.1, 0.15) is 5.69 Å². The van der Waals surface area contributed by atoms with Crippen LogP contribution in [0.2, 0.25) is 0 Å². The third-order valence-electron chi connectivity index (χ3n) is 2.57. The minimum absolute atomic E-state index is 0.784. The molecular formula is C13H9N2. The molecule has 0 bridgehead atoms. The minimum atomic E-state index is 0.784.